The fourth-order valence-electron chi connectivity index (χ4n) is 2.35. The Hall–Kier alpha value is -1.91. The van der Waals surface area contributed by atoms with Gasteiger partial charge in [-0.05, 0) is 42.8 Å². The van der Waals surface area contributed by atoms with Gasteiger partial charge in [-0.3, -0.25) is 4.98 Å². The Bertz CT molecular complexity index is 662. The topological polar surface area (TPSA) is 74.2 Å². The standard InChI is InChI=1S/C15H17N3O/c1-2-19-12-3-4-13-11(8-12)7-10-5-6-15(16,17)9-14(10)18-13/h3-8H,2,9,16-17H2,1H3. The van der Waals surface area contributed by atoms with Crippen LogP contribution in [0.2, 0.25) is 0 Å². The molecule has 1 heterocycles. The maximum absolute atomic E-state index is 5.93. The number of pyridine rings is 1. The van der Waals surface area contributed by atoms with E-state index < -0.39 is 5.66 Å². The number of ether oxygens (including phenoxy) is 1. The molecule has 1 aliphatic rings. The molecular formula is C15H17N3O. The molecule has 0 radical (unpaired) electrons. The molecule has 98 valence electrons. The second kappa shape index (κ2) is 4.33. The van der Waals surface area contributed by atoms with E-state index in [-0.39, 0.29) is 0 Å². The highest BCUT2D eigenvalue weighted by Crippen LogP contribution is 2.26. The minimum atomic E-state index is -0.793. The molecule has 0 atom stereocenters. The summed E-state index contributed by atoms with van der Waals surface area (Å²) in [4.78, 5) is 4.65. The third kappa shape index (κ3) is 2.32. The summed E-state index contributed by atoms with van der Waals surface area (Å²) >= 11 is 0. The molecule has 0 fully saturated rings. The number of rotatable bonds is 2. The van der Waals surface area contributed by atoms with Gasteiger partial charge in [0.15, 0.2) is 0 Å². The molecule has 0 amide bonds. The lowest BCUT2D eigenvalue weighted by Crippen LogP contribution is -2.50. The van der Waals surface area contributed by atoms with E-state index in [1.807, 2.05) is 37.3 Å². The highest BCUT2D eigenvalue weighted by Gasteiger charge is 2.22. The number of benzene rings is 1. The first-order chi connectivity index (χ1) is 9.07. The second-order valence-corrected chi connectivity index (χ2v) is 4.93. The molecule has 0 saturated carbocycles. The molecule has 3 rings (SSSR count). The first kappa shape index (κ1) is 12.1. The van der Waals surface area contributed by atoms with E-state index in [0.29, 0.717) is 13.0 Å². The summed E-state index contributed by atoms with van der Waals surface area (Å²) < 4.78 is 5.51. The summed E-state index contributed by atoms with van der Waals surface area (Å²) in [5.41, 5.74) is 14.0. The minimum absolute atomic E-state index is 0.558. The Kier molecular flexibility index (Phi) is 2.77. The fourth-order valence-corrected chi connectivity index (χ4v) is 2.35. The van der Waals surface area contributed by atoms with Gasteiger partial charge in [-0.1, -0.05) is 6.08 Å². The first-order valence-electron chi connectivity index (χ1n) is 6.41. The van der Waals surface area contributed by atoms with Gasteiger partial charge in [0.1, 0.15) is 5.75 Å². The van der Waals surface area contributed by atoms with E-state index in [1.54, 1.807) is 0 Å². The summed E-state index contributed by atoms with van der Waals surface area (Å²) in [6.45, 7) is 2.63. The molecule has 19 heavy (non-hydrogen) atoms. The number of hydrogen-bond donors (Lipinski definition) is 2. The van der Waals surface area contributed by atoms with Crippen molar-refractivity contribution in [2.24, 2.45) is 11.5 Å². The van der Waals surface area contributed by atoms with Gasteiger partial charge in [0.25, 0.3) is 0 Å². The molecular weight excluding hydrogens is 238 g/mol. The van der Waals surface area contributed by atoms with Crippen molar-refractivity contribution in [3.63, 3.8) is 0 Å². The van der Waals surface area contributed by atoms with Crippen LogP contribution in [0.15, 0.2) is 30.3 Å². The molecule has 0 saturated heterocycles. The zero-order chi connectivity index (χ0) is 13.5. The van der Waals surface area contributed by atoms with Crippen LogP contribution >= 0.6 is 0 Å². The SMILES string of the molecule is CCOc1ccc2nc3c(cc2c1)C=CC(N)(N)C3. The van der Waals surface area contributed by atoms with E-state index in [0.717, 1.165) is 27.9 Å². The van der Waals surface area contributed by atoms with E-state index in [2.05, 4.69) is 11.1 Å². The van der Waals surface area contributed by atoms with E-state index in [9.17, 15) is 0 Å². The smallest absolute Gasteiger partial charge is 0.120 e. The van der Waals surface area contributed by atoms with Gasteiger partial charge in [-0.15, -0.1) is 0 Å². The zero-order valence-corrected chi connectivity index (χ0v) is 10.9. The lowest BCUT2D eigenvalue weighted by Gasteiger charge is -2.25. The Balaban J connectivity index is 2.10. The Labute approximate surface area is 112 Å². The predicted octanol–water partition coefficient (Wildman–Crippen LogP) is 1.82. The van der Waals surface area contributed by atoms with Crippen molar-refractivity contribution in [1.82, 2.24) is 4.98 Å². The van der Waals surface area contributed by atoms with Crippen LogP contribution < -0.4 is 16.2 Å². The molecule has 1 aromatic carbocycles. The van der Waals surface area contributed by atoms with Gasteiger partial charge < -0.3 is 16.2 Å². The molecule has 4 nitrogen and oxygen atoms in total. The largest absolute Gasteiger partial charge is 0.494 e. The third-order valence-corrected chi connectivity index (χ3v) is 3.26. The van der Waals surface area contributed by atoms with Crippen LogP contribution in [0.4, 0.5) is 0 Å². The normalized spacial score (nSPS) is 16.4. The van der Waals surface area contributed by atoms with Crippen molar-refractivity contribution in [2.75, 3.05) is 6.61 Å². The van der Waals surface area contributed by atoms with Crippen LogP contribution in [0.5, 0.6) is 5.75 Å². The average molecular weight is 255 g/mol. The van der Waals surface area contributed by atoms with Crippen LogP contribution in [0.3, 0.4) is 0 Å². The molecule has 0 aliphatic heterocycles. The van der Waals surface area contributed by atoms with Crippen molar-refractivity contribution < 1.29 is 4.74 Å². The van der Waals surface area contributed by atoms with Gasteiger partial charge >= 0.3 is 0 Å². The Morgan fingerprint density at radius 2 is 2.16 bits per heavy atom. The third-order valence-electron chi connectivity index (χ3n) is 3.26. The van der Waals surface area contributed by atoms with Crippen LogP contribution in [-0.2, 0) is 6.42 Å². The molecule has 1 aromatic heterocycles. The number of aromatic nitrogens is 1. The zero-order valence-electron chi connectivity index (χ0n) is 10.9. The second-order valence-electron chi connectivity index (χ2n) is 4.93. The van der Waals surface area contributed by atoms with Crippen molar-refractivity contribution in [3.05, 3.63) is 41.6 Å². The van der Waals surface area contributed by atoms with Gasteiger partial charge in [0.2, 0.25) is 0 Å². The average Bonchev–Trinajstić information content (AvgIpc) is 2.36. The summed E-state index contributed by atoms with van der Waals surface area (Å²) in [5, 5.41) is 1.07. The van der Waals surface area contributed by atoms with Crippen molar-refractivity contribution in [2.45, 2.75) is 19.0 Å². The van der Waals surface area contributed by atoms with E-state index in [4.69, 9.17) is 16.2 Å². The molecule has 0 spiro atoms. The highest BCUT2D eigenvalue weighted by atomic mass is 16.5. The van der Waals surface area contributed by atoms with Crippen molar-refractivity contribution >= 4 is 17.0 Å². The van der Waals surface area contributed by atoms with E-state index >= 15 is 0 Å². The van der Waals surface area contributed by atoms with Gasteiger partial charge in [-0.2, -0.15) is 0 Å². The monoisotopic (exact) mass is 255 g/mol. The van der Waals surface area contributed by atoms with Gasteiger partial charge in [0, 0.05) is 11.8 Å². The molecule has 0 bridgehead atoms. The Morgan fingerprint density at radius 3 is 2.95 bits per heavy atom. The number of hydrogen-bond acceptors (Lipinski definition) is 4. The first-order valence-corrected chi connectivity index (χ1v) is 6.41. The van der Waals surface area contributed by atoms with Gasteiger partial charge in [0.05, 0.1) is 23.5 Å². The van der Waals surface area contributed by atoms with Crippen LogP contribution in [-0.4, -0.2) is 17.3 Å². The summed E-state index contributed by atoms with van der Waals surface area (Å²) in [6.07, 6.45) is 4.33. The minimum Gasteiger partial charge on any atom is -0.494 e. The van der Waals surface area contributed by atoms with Crippen LogP contribution in [0.1, 0.15) is 18.2 Å². The number of nitrogens with zero attached hydrogens (tertiary/aromatic N) is 1. The summed E-state index contributed by atoms with van der Waals surface area (Å²) in [6, 6.07) is 8.01. The van der Waals surface area contributed by atoms with Crippen LogP contribution in [0.25, 0.3) is 17.0 Å². The quantitative estimate of drug-likeness (QED) is 0.803. The highest BCUT2D eigenvalue weighted by molar-refractivity contribution is 5.83. The molecule has 2 aromatic rings. The molecule has 0 unspecified atom stereocenters. The summed E-state index contributed by atoms with van der Waals surface area (Å²) in [7, 11) is 0. The van der Waals surface area contributed by atoms with Crippen molar-refractivity contribution in [1.29, 1.82) is 0 Å². The molecule has 1 aliphatic carbocycles. The van der Waals surface area contributed by atoms with E-state index in [1.165, 1.54) is 0 Å². The van der Waals surface area contributed by atoms with Crippen LogP contribution in [0, 0.1) is 0 Å². The summed E-state index contributed by atoms with van der Waals surface area (Å²) in [5.74, 6) is 0.864. The molecule has 4 heteroatoms. The maximum atomic E-state index is 5.93. The molecule has 4 N–H and O–H groups in total. The van der Waals surface area contributed by atoms with Crippen molar-refractivity contribution in [3.8, 4) is 5.75 Å². The maximum Gasteiger partial charge on any atom is 0.120 e. The lowest BCUT2D eigenvalue weighted by atomic mass is 9.94. The number of fused-ring (bicyclic) bond motifs is 2. The lowest BCUT2D eigenvalue weighted by molar-refractivity contribution is 0.340. The Morgan fingerprint density at radius 1 is 1.32 bits per heavy atom. The number of nitrogens with two attached hydrogens (primary N) is 2. The van der Waals surface area contributed by atoms with Gasteiger partial charge in [-0.25, -0.2) is 0 Å². The predicted molar refractivity (Wildman–Crippen MR) is 76.8 cm³/mol. The fraction of sp³-hybridized carbons (Fsp3) is 0.267.